The average Bonchev–Trinajstić information content (AvgIpc) is 3.10. The summed E-state index contributed by atoms with van der Waals surface area (Å²) in [5.74, 6) is 1.79. The topological polar surface area (TPSA) is 12.0 Å². The number of rotatable bonds is 5. The zero-order valence-electron chi connectivity index (χ0n) is 12.4. The molecule has 0 heterocycles. The summed E-state index contributed by atoms with van der Waals surface area (Å²) in [5, 5.41) is 3.96. The second kappa shape index (κ2) is 5.66. The maximum Gasteiger partial charge on any atom is 0.0351 e. The standard InChI is InChI=1S/C18H27N/c1-13-7-9-16(10-8-13)18(17-11-12-17)19-14(2)15-5-3-4-6-15/h7-10,14-15,17-19H,3-6,11-12H2,1-2H3/t14-,18?/m0/s1. The van der Waals surface area contributed by atoms with E-state index in [-0.39, 0.29) is 0 Å². The Kier molecular flexibility index (Phi) is 3.93. The molecule has 2 aliphatic carbocycles. The fourth-order valence-electron chi connectivity index (χ4n) is 3.58. The highest BCUT2D eigenvalue weighted by Crippen LogP contribution is 2.42. The normalized spacial score (nSPS) is 23.5. The van der Waals surface area contributed by atoms with E-state index in [0.29, 0.717) is 12.1 Å². The molecule has 1 aromatic carbocycles. The van der Waals surface area contributed by atoms with Crippen molar-refractivity contribution >= 4 is 0 Å². The molecule has 0 radical (unpaired) electrons. The zero-order chi connectivity index (χ0) is 13.2. The molecule has 2 atom stereocenters. The molecule has 0 spiro atoms. The quantitative estimate of drug-likeness (QED) is 0.812. The number of hydrogen-bond donors (Lipinski definition) is 1. The molecule has 0 bridgehead atoms. The summed E-state index contributed by atoms with van der Waals surface area (Å²) < 4.78 is 0. The van der Waals surface area contributed by atoms with Gasteiger partial charge in [-0.25, -0.2) is 0 Å². The van der Waals surface area contributed by atoms with Gasteiger partial charge in [0.1, 0.15) is 0 Å². The first-order chi connectivity index (χ1) is 9.24. The van der Waals surface area contributed by atoms with Crippen molar-refractivity contribution in [2.24, 2.45) is 11.8 Å². The molecule has 19 heavy (non-hydrogen) atoms. The maximum absolute atomic E-state index is 3.96. The van der Waals surface area contributed by atoms with Crippen molar-refractivity contribution in [2.75, 3.05) is 0 Å². The summed E-state index contributed by atoms with van der Waals surface area (Å²) in [6, 6.07) is 10.4. The van der Waals surface area contributed by atoms with Crippen LogP contribution in [0, 0.1) is 18.8 Å². The van der Waals surface area contributed by atoms with Gasteiger partial charge in [0.05, 0.1) is 0 Å². The van der Waals surface area contributed by atoms with Gasteiger partial charge in [0.15, 0.2) is 0 Å². The van der Waals surface area contributed by atoms with Crippen molar-refractivity contribution < 1.29 is 0 Å². The number of hydrogen-bond acceptors (Lipinski definition) is 1. The van der Waals surface area contributed by atoms with Gasteiger partial charge in [-0.2, -0.15) is 0 Å². The lowest BCUT2D eigenvalue weighted by Crippen LogP contribution is -2.36. The number of benzene rings is 1. The summed E-state index contributed by atoms with van der Waals surface area (Å²) in [7, 11) is 0. The SMILES string of the molecule is Cc1ccc(C(N[C@@H](C)C2CCCC2)C2CC2)cc1. The van der Waals surface area contributed by atoms with Crippen molar-refractivity contribution in [1.82, 2.24) is 5.32 Å². The molecule has 2 aliphatic rings. The van der Waals surface area contributed by atoms with Crippen LogP contribution in [0.1, 0.15) is 62.6 Å². The Labute approximate surface area is 117 Å². The van der Waals surface area contributed by atoms with E-state index in [1.165, 1.54) is 49.7 Å². The predicted octanol–water partition coefficient (Wildman–Crippen LogP) is 4.61. The summed E-state index contributed by atoms with van der Waals surface area (Å²) in [5.41, 5.74) is 2.86. The molecule has 0 amide bonds. The molecular formula is C18H27N. The van der Waals surface area contributed by atoms with E-state index in [0.717, 1.165) is 11.8 Å². The fraction of sp³-hybridized carbons (Fsp3) is 0.667. The van der Waals surface area contributed by atoms with Gasteiger partial charge in [0.2, 0.25) is 0 Å². The first kappa shape index (κ1) is 13.2. The Balaban J connectivity index is 1.68. The van der Waals surface area contributed by atoms with Gasteiger partial charge >= 0.3 is 0 Å². The highest BCUT2D eigenvalue weighted by atomic mass is 15.0. The van der Waals surface area contributed by atoms with Crippen molar-refractivity contribution in [3.8, 4) is 0 Å². The lowest BCUT2D eigenvalue weighted by Gasteiger charge is -2.27. The van der Waals surface area contributed by atoms with Gasteiger partial charge in [-0.1, -0.05) is 42.7 Å². The highest BCUT2D eigenvalue weighted by Gasteiger charge is 2.34. The fourth-order valence-corrected chi connectivity index (χ4v) is 3.58. The van der Waals surface area contributed by atoms with Crippen LogP contribution in [0.3, 0.4) is 0 Å². The second-order valence-electron chi connectivity index (χ2n) is 6.73. The minimum absolute atomic E-state index is 0.594. The van der Waals surface area contributed by atoms with Gasteiger partial charge in [0.25, 0.3) is 0 Å². The van der Waals surface area contributed by atoms with Crippen LogP contribution in [0.4, 0.5) is 0 Å². The molecule has 1 heteroatoms. The second-order valence-corrected chi connectivity index (χ2v) is 6.73. The zero-order valence-corrected chi connectivity index (χ0v) is 12.4. The van der Waals surface area contributed by atoms with Crippen LogP contribution in [0.2, 0.25) is 0 Å². The van der Waals surface area contributed by atoms with E-state index < -0.39 is 0 Å². The minimum atomic E-state index is 0.594. The van der Waals surface area contributed by atoms with Gasteiger partial charge in [-0.05, 0) is 56.9 Å². The molecule has 0 aromatic heterocycles. The molecular weight excluding hydrogens is 230 g/mol. The van der Waals surface area contributed by atoms with Crippen molar-refractivity contribution in [2.45, 2.75) is 64.5 Å². The molecule has 0 aliphatic heterocycles. The highest BCUT2D eigenvalue weighted by molar-refractivity contribution is 5.25. The van der Waals surface area contributed by atoms with Gasteiger partial charge in [-0.3, -0.25) is 0 Å². The van der Waals surface area contributed by atoms with Crippen LogP contribution in [-0.4, -0.2) is 6.04 Å². The molecule has 1 aromatic rings. The van der Waals surface area contributed by atoms with Gasteiger partial charge in [-0.15, -0.1) is 0 Å². The number of nitrogens with one attached hydrogen (secondary N) is 1. The van der Waals surface area contributed by atoms with Crippen molar-refractivity contribution in [1.29, 1.82) is 0 Å². The van der Waals surface area contributed by atoms with E-state index in [9.17, 15) is 0 Å². The van der Waals surface area contributed by atoms with E-state index >= 15 is 0 Å². The van der Waals surface area contributed by atoms with Crippen molar-refractivity contribution in [3.05, 3.63) is 35.4 Å². The smallest absolute Gasteiger partial charge is 0.0351 e. The van der Waals surface area contributed by atoms with Crippen LogP contribution in [0.25, 0.3) is 0 Å². The maximum atomic E-state index is 3.96. The minimum Gasteiger partial charge on any atom is -0.307 e. The van der Waals surface area contributed by atoms with Gasteiger partial charge in [0, 0.05) is 12.1 Å². The molecule has 1 N–H and O–H groups in total. The average molecular weight is 257 g/mol. The lowest BCUT2D eigenvalue weighted by atomic mass is 9.95. The third kappa shape index (κ3) is 3.20. The molecule has 2 fully saturated rings. The summed E-state index contributed by atoms with van der Waals surface area (Å²) in [6.45, 7) is 4.57. The lowest BCUT2D eigenvalue weighted by molar-refractivity contribution is 0.327. The Hall–Kier alpha value is -0.820. The monoisotopic (exact) mass is 257 g/mol. The van der Waals surface area contributed by atoms with Crippen LogP contribution in [0.15, 0.2) is 24.3 Å². The first-order valence-corrected chi connectivity index (χ1v) is 8.06. The van der Waals surface area contributed by atoms with Crippen LogP contribution in [0.5, 0.6) is 0 Å². The molecule has 3 rings (SSSR count). The predicted molar refractivity (Wildman–Crippen MR) is 81.2 cm³/mol. The molecule has 1 nitrogen and oxygen atoms in total. The van der Waals surface area contributed by atoms with E-state index in [2.05, 4.69) is 43.4 Å². The number of aryl methyl sites for hydroxylation is 1. The van der Waals surface area contributed by atoms with Crippen molar-refractivity contribution in [3.63, 3.8) is 0 Å². The molecule has 2 saturated carbocycles. The van der Waals surface area contributed by atoms with Crippen LogP contribution in [-0.2, 0) is 0 Å². The largest absolute Gasteiger partial charge is 0.307 e. The summed E-state index contributed by atoms with van der Waals surface area (Å²) in [6.07, 6.45) is 8.55. The molecule has 104 valence electrons. The third-order valence-corrected chi connectivity index (χ3v) is 5.08. The summed E-state index contributed by atoms with van der Waals surface area (Å²) >= 11 is 0. The molecule has 0 saturated heterocycles. The summed E-state index contributed by atoms with van der Waals surface area (Å²) in [4.78, 5) is 0. The Bertz CT molecular complexity index is 398. The van der Waals surface area contributed by atoms with Crippen LogP contribution >= 0.6 is 0 Å². The Morgan fingerprint density at radius 3 is 2.16 bits per heavy atom. The van der Waals surface area contributed by atoms with E-state index in [4.69, 9.17) is 0 Å². The van der Waals surface area contributed by atoms with Crippen LogP contribution < -0.4 is 5.32 Å². The van der Waals surface area contributed by atoms with E-state index in [1.807, 2.05) is 0 Å². The van der Waals surface area contributed by atoms with E-state index in [1.54, 1.807) is 0 Å². The Morgan fingerprint density at radius 1 is 0.947 bits per heavy atom. The van der Waals surface area contributed by atoms with Gasteiger partial charge < -0.3 is 5.32 Å². The molecule has 1 unspecified atom stereocenters. The first-order valence-electron chi connectivity index (χ1n) is 8.06. The Morgan fingerprint density at radius 2 is 1.58 bits per heavy atom. The third-order valence-electron chi connectivity index (χ3n) is 5.08.